The number of aryl methyl sites for hydroxylation is 1. The van der Waals surface area contributed by atoms with E-state index in [9.17, 15) is 8.42 Å². The molecule has 2 heterocycles. The number of hydrogen-bond acceptors (Lipinski definition) is 6. The summed E-state index contributed by atoms with van der Waals surface area (Å²) in [6.45, 7) is 1.77. The highest BCUT2D eigenvalue weighted by molar-refractivity contribution is 14.1. The summed E-state index contributed by atoms with van der Waals surface area (Å²) in [5.74, 6) is 0.471. The third-order valence-electron chi connectivity index (χ3n) is 3.08. The Morgan fingerprint density at radius 1 is 1.33 bits per heavy atom. The van der Waals surface area contributed by atoms with E-state index in [1.165, 1.54) is 11.6 Å². The minimum atomic E-state index is -4.02. The molecule has 0 saturated carbocycles. The van der Waals surface area contributed by atoms with Gasteiger partial charge in [0.2, 0.25) is 5.88 Å². The molecule has 0 aliphatic rings. The van der Waals surface area contributed by atoms with E-state index in [0.29, 0.717) is 15.0 Å². The van der Waals surface area contributed by atoms with Crippen molar-refractivity contribution in [1.29, 1.82) is 0 Å². The van der Waals surface area contributed by atoms with Crippen molar-refractivity contribution in [2.45, 2.75) is 12.1 Å². The Morgan fingerprint density at radius 3 is 2.75 bits per heavy atom. The Kier molecular flexibility index (Phi) is 4.53. The number of sulfonamides is 1. The third kappa shape index (κ3) is 3.13. The second kappa shape index (κ2) is 6.33. The van der Waals surface area contributed by atoms with E-state index in [0.717, 1.165) is 0 Å². The standard InChI is InChI=1S/C13H11ClIN5O3S/c1-7-6-20-12(16-11(7)23-2)17-13(18-20)24(21,22)19-10-8(14)4-3-5-9(10)15/h3-6,19H,1-2H3. The lowest BCUT2D eigenvalue weighted by Crippen LogP contribution is -2.16. The van der Waals surface area contributed by atoms with Crippen LogP contribution in [0.4, 0.5) is 5.69 Å². The Hall–Kier alpha value is -1.66. The van der Waals surface area contributed by atoms with Gasteiger partial charge in [-0.15, -0.1) is 5.10 Å². The first-order valence-electron chi connectivity index (χ1n) is 6.56. The summed E-state index contributed by atoms with van der Waals surface area (Å²) in [6, 6.07) is 5.05. The first-order valence-corrected chi connectivity index (χ1v) is 9.50. The second-order valence-electron chi connectivity index (χ2n) is 4.77. The maximum Gasteiger partial charge on any atom is 0.299 e. The van der Waals surface area contributed by atoms with Crippen LogP contribution in [-0.4, -0.2) is 35.1 Å². The van der Waals surface area contributed by atoms with Crippen molar-refractivity contribution in [2.24, 2.45) is 0 Å². The molecule has 11 heteroatoms. The van der Waals surface area contributed by atoms with E-state index in [2.05, 4.69) is 19.8 Å². The molecule has 126 valence electrons. The number of methoxy groups -OCH3 is 1. The molecule has 1 N–H and O–H groups in total. The van der Waals surface area contributed by atoms with Crippen LogP contribution in [0.3, 0.4) is 0 Å². The van der Waals surface area contributed by atoms with Gasteiger partial charge in [-0.3, -0.25) is 4.72 Å². The molecule has 0 bridgehead atoms. The summed E-state index contributed by atoms with van der Waals surface area (Å²) in [5.41, 5.74) is 0.979. The van der Waals surface area contributed by atoms with Crippen LogP contribution >= 0.6 is 34.2 Å². The molecule has 3 aromatic rings. The van der Waals surface area contributed by atoms with Crippen LogP contribution in [0, 0.1) is 10.5 Å². The van der Waals surface area contributed by atoms with Crippen molar-refractivity contribution in [3.8, 4) is 5.88 Å². The van der Waals surface area contributed by atoms with E-state index in [1.807, 2.05) is 22.6 Å². The van der Waals surface area contributed by atoms with E-state index < -0.39 is 15.2 Å². The molecule has 3 rings (SSSR count). The smallest absolute Gasteiger partial charge is 0.299 e. The Bertz CT molecular complexity index is 1020. The van der Waals surface area contributed by atoms with Crippen LogP contribution in [0.1, 0.15) is 5.56 Å². The summed E-state index contributed by atoms with van der Waals surface area (Å²) in [7, 11) is -2.54. The van der Waals surface area contributed by atoms with Gasteiger partial charge in [0.15, 0.2) is 0 Å². The lowest BCUT2D eigenvalue weighted by atomic mass is 10.3. The number of halogens is 2. The normalized spacial score (nSPS) is 11.7. The highest BCUT2D eigenvalue weighted by atomic mass is 127. The molecular formula is C13H11ClIN5O3S. The molecule has 0 spiro atoms. The van der Waals surface area contributed by atoms with Crippen molar-refractivity contribution in [2.75, 3.05) is 11.8 Å². The molecule has 0 aliphatic carbocycles. The van der Waals surface area contributed by atoms with Gasteiger partial charge in [0.05, 0.1) is 17.8 Å². The maximum absolute atomic E-state index is 12.5. The van der Waals surface area contributed by atoms with Gasteiger partial charge >= 0.3 is 0 Å². The molecule has 0 fully saturated rings. The number of aromatic nitrogens is 4. The van der Waals surface area contributed by atoms with Gasteiger partial charge in [0.25, 0.3) is 21.0 Å². The Morgan fingerprint density at radius 2 is 2.08 bits per heavy atom. The number of nitrogens with zero attached hydrogens (tertiary/aromatic N) is 4. The number of benzene rings is 1. The third-order valence-corrected chi connectivity index (χ3v) is 5.42. The quantitative estimate of drug-likeness (QED) is 0.578. The number of para-hydroxylation sites is 1. The molecule has 24 heavy (non-hydrogen) atoms. The largest absolute Gasteiger partial charge is 0.481 e. The fourth-order valence-corrected chi connectivity index (χ4v) is 4.20. The molecular weight excluding hydrogens is 469 g/mol. The van der Waals surface area contributed by atoms with Crippen LogP contribution in [0.25, 0.3) is 5.78 Å². The molecule has 0 atom stereocenters. The van der Waals surface area contributed by atoms with Gasteiger partial charge in [-0.05, 0) is 41.6 Å². The zero-order valence-corrected chi connectivity index (χ0v) is 16.2. The predicted octanol–water partition coefficient (Wildman–Crippen LogP) is 2.50. The van der Waals surface area contributed by atoms with Crippen LogP contribution in [-0.2, 0) is 10.0 Å². The van der Waals surface area contributed by atoms with E-state index in [1.54, 1.807) is 31.3 Å². The minimum absolute atomic E-state index is 0.117. The van der Waals surface area contributed by atoms with Crippen molar-refractivity contribution in [1.82, 2.24) is 19.6 Å². The van der Waals surface area contributed by atoms with E-state index in [-0.39, 0.29) is 16.5 Å². The average Bonchev–Trinajstić information content (AvgIpc) is 2.94. The fourth-order valence-electron chi connectivity index (χ4n) is 1.97. The molecule has 0 radical (unpaired) electrons. The molecule has 0 aliphatic heterocycles. The van der Waals surface area contributed by atoms with Crippen LogP contribution < -0.4 is 9.46 Å². The van der Waals surface area contributed by atoms with Crippen LogP contribution in [0.15, 0.2) is 29.6 Å². The summed E-state index contributed by atoms with van der Waals surface area (Å²) in [5, 5.41) is 3.85. The van der Waals surface area contributed by atoms with Crippen molar-refractivity contribution < 1.29 is 13.2 Å². The Balaban J connectivity index is 2.05. The minimum Gasteiger partial charge on any atom is -0.481 e. The summed E-state index contributed by atoms with van der Waals surface area (Å²) < 4.78 is 34.5. The molecule has 2 aromatic heterocycles. The maximum atomic E-state index is 12.5. The SMILES string of the molecule is COc1nc2nc(S(=O)(=O)Nc3c(Cl)cccc3I)nn2cc1C. The molecule has 0 saturated heterocycles. The number of ether oxygens (including phenoxy) is 1. The number of nitrogens with one attached hydrogen (secondary N) is 1. The highest BCUT2D eigenvalue weighted by Gasteiger charge is 2.23. The van der Waals surface area contributed by atoms with Gasteiger partial charge in [-0.25, -0.2) is 4.52 Å². The van der Waals surface area contributed by atoms with Crippen LogP contribution in [0.2, 0.25) is 5.02 Å². The van der Waals surface area contributed by atoms with Crippen molar-refractivity contribution in [3.63, 3.8) is 0 Å². The van der Waals surface area contributed by atoms with Crippen LogP contribution in [0.5, 0.6) is 5.88 Å². The van der Waals surface area contributed by atoms with Gasteiger partial charge in [-0.1, -0.05) is 17.7 Å². The highest BCUT2D eigenvalue weighted by Crippen LogP contribution is 2.29. The van der Waals surface area contributed by atoms with E-state index in [4.69, 9.17) is 16.3 Å². The fraction of sp³-hybridized carbons (Fsp3) is 0.154. The molecule has 8 nitrogen and oxygen atoms in total. The second-order valence-corrected chi connectivity index (χ2v) is 7.92. The zero-order chi connectivity index (χ0) is 17.5. The topological polar surface area (TPSA) is 98.5 Å². The van der Waals surface area contributed by atoms with Crippen molar-refractivity contribution in [3.05, 3.63) is 38.6 Å². The molecule has 1 aromatic carbocycles. The molecule has 0 amide bonds. The first kappa shape index (κ1) is 17.2. The first-order chi connectivity index (χ1) is 11.3. The summed E-state index contributed by atoms with van der Waals surface area (Å²) >= 11 is 8.04. The monoisotopic (exact) mass is 479 g/mol. The predicted molar refractivity (Wildman–Crippen MR) is 97.0 cm³/mol. The number of fused-ring (bicyclic) bond motifs is 1. The average molecular weight is 480 g/mol. The summed E-state index contributed by atoms with van der Waals surface area (Å²) in [6.07, 6.45) is 1.59. The number of hydrogen-bond donors (Lipinski definition) is 1. The van der Waals surface area contributed by atoms with E-state index >= 15 is 0 Å². The lowest BCUT2D eigenvalue weighted by Gasteiger charge is -2.08. The zero-order valence-electron chi connectivity index (χ0n) is 12.5. The van der Waals surface area contributed by atoms with Gasteiger partial charge in [-0.2, -0.15) is 18.4 Å². The number of rotatable bonds is 4. The van der Waals surface area contributed by atoms with Gasteiger partial charge in [0.1, 0.15) is 0 Å². The lowest BCUT2D eigenvalue weighted by molar-refractivity contribution is 0.394. The van der Waals surface area contributed by atoms with Crippen molar-refractivity contribution >= 4 is 55.7 Å². The van der Waals surface area contributed by atoms with Gasteiger partial charge in [0, 0.05) is 15.3 Å². The summed E-state index contributed by atoms with van der Waals surface area (Å²) in [4.78, 5) is 8.07. The Labute approximate surface area is 156 Å². The molecule has 0 unspecified atom stereocenters. The van der Waals surface area contributed by atoms with Gasteiger partial charge < -0.3 is 4.74 Å². The number of anilines is 1.